The number of imide groups is 1. The van der Waals surface area contributed by atoms with Gasteiger partial charge >= 0.3 is 6.18 Å². The number of hydrogen-bond acceptors (Lipinski definition) is 7. The molecular formula is C29H23BrF4N2O6S. The van der Waals surface area contributed by atoms with Gasteiger partial charge in [-0.05, 0) is 94.3 Å². The van der Waals surface area contributed by atoms with Crippen LogP contribution in [0.25, 0.3) is 6.08 Å². The average Bonchev–Trinajstić information content (AvgIpc) is 3.19. The average molecular weight is 683 g/mol. The van der Waals surface area contributed by atoms with Crippen LogP contribution in [0.15, 0.2) is 64.0 Å². The molecule has 3 amide bonds. The Kier molecular flexibility index (Phi) is 10.0. The number of amides is 3. The van der Waals surface area contributed by atoms with E-state index in [1.54, 1.807) is 31.2 Å². The van der Waals surface area contributed by atoms with Crippen molar-refractivity contribution in [2.45, 2.75) is 19.7 Å². The van der Waals surface area contributed by atoms with E-state index in [9.17, 15) is 31.9 Å². The third-order valence-corrected chi connectivity index (χ3v) is 7.37. The van der Waals surface area contributed by atoms with Crippen LogP contribution in [0, 0.1) is 5.82 Å². The van der Waals surface area contributed by atoms with E-state index in [-0.39, 0.29) is 29.6 Å². The summed E-state index contributed by atoms with van der Waals surface area (Å²) in [5.74, 6) is -1.42. The standard InChI is InChI=1S/C29H23BrF4N2O6S/c1-3-41-23-11-17(10-20(30)26(23)42-15-16-5-4-6-19(31)9-16)12-24-27(38)36(28(39)43-24)14-25(37)35-21-13-18(29(32,33)34)7-8-22(21)40-2/h4-13H,3,14-15H2,1-2H3,(H,35,37)/b24-12-. The SMILES string of the molecule is CCOc1cc(/C=C2\SC(=O)N(CC(=O)Nc3cc(C(F)(F)F)ccc3OC)C2=O)cc(Br)c1OCc1cccc(F)c1. The molecule has 0 bridgehead atoms. The fourth-order valence-electron chi connectivity index (χ4n) is 3.96. The first-order valence-corrected chi connectivity index (χ1v) is 14.1. The van der Waals surface area contributed by atoms with Crippen LogP contribution in [0.2, 0.25) is 0 Å². The zero-order chi connectivity index (χ0) is 31.3. The van der Waals surface area contributed by atoms with Crippen molar-refractivity contribution in [3.8, 4) is 17.2 Å². The predicted molar refractivity (Wildman–Crippen MR) is 155 cm³/mol. The lowest BCUT2D eigenvalue weighted by Crippen LogP contribution is -2.36. The fourth-order valence-corrected chi connectivity index (χ4v) is 5.37. The van der Waals surface area contributed by atoms with Gasteiger partial charge in [-0.25, -0.2) is 4.39 Å². The minimum absolute atomic E-state index is 0.0113. The van der Waals surface area contributed by atoms with Crippen LogP contribution in [-0.2, 0) is 22.4 Å². The van der Waals surface area contributed by atoms with Crippen molar-refractivity contribution in [2.24, 2.45) is 0 Å². The number of ether oxygens (including phenoxy) is 3. The summed E-state index contributed by atoms with van der Waals surface area (Å²) in [5.41, 5.74) is -0.210. The number of nitrogens with one attached hydrogen (secondary N) is 1. The summed E-state index contributed by atoms with van der Waals surface area (Å²) in [7, 11) is 1.22. The molecule has 3 aromatic carbocycles. The second-order valence-electron chi connectivity index (χ2n) is 8.91. The Balaban J connectivity index is 1.50. The topological polar surface area (TPSA) is 94.2 Å². The molecule has 0 radical (unpaired) electrons. The molecule has 3 aromatic rings. The molecule has 0 saturated carbocycles. The van der Waals surface area contributed by atoms with E-state index in [1.165, 1.54) is 25.3 Å². The summed E-state index contributed by atoms with van der Waals surface area (Å²) >= 11 is 4.03. The van der Waals surface area contributed by atoms with Crippen molar-refractivity contribution in [3.63, 3.8) is 0 Å². The lowest BCUT2D eigenvalue weighted by molar-refractivity contribution is -0.137. The van der Waals surface area contributed by atoms with Crippen LogP contribution in [0.3, 0.4) is 0 Å². The molecular weight excluding hydrogens is 660 g/mol. The zero-order valence-corrected chi connectivity index (χ0v) is 25.0. The number of carbonyl (C=O) groups is 3. The Labute approximate surface area is 256 Å². The van der Waals surface area contributed by atoms with Gasteiger partial charge in [0.2, 0.25) is 5.91 Å². The highest BCUT2D eigenvalue weighted by Gasteiger charge is 2.37. The van der Waals surface area contributed by atoms with Crippen LogP contribution in [0.1, 0.15) is 23.6 Å². The van der Waals surface area contributed by atoms with Crippen LogP contribution in [-0.4, -0.2) is 42.2 Å². The normalized spacial score (nSPS) is 14.3. The Morgan fingerprint density at radius 2 is 1.84 bits per heavy atom. The van der Waals surface area contributed by atoms with E-state index in [0.29, 0.717) is 49.8 Å². The van der Waals surface area contributed by atoms with E-state index in [4.69, 9.17) is 14.2 Å². The molecule has 43 heavy (non-hydrogen) atoms. The van der Waals surface area contributed by atoms with Gasteiger partial charge in [-0.15, -0.1) is 0 Å². The monoisotopic (exact) mass is 682 g/mol. The second kappa shape index (κ2) is 13.5. The van der Waals surface area contributed by atoms with Crippen LogP contribution < -0.4 is 19.5 Å². The van der Waals surface area contributed by atoms with Gasteiger partial charge < -0.3 is 19.5 Å². The van der Waals surface area contributed by atoms with Crippen LogP contribution >= 0.6 is 27.7 Å². The van der Waals surface area contributed by atoms with E-state index >= 15 is 0 Å². The molecule has 1 heterocycles. The molecule has 1 saturated heterocycles. The highest BCUT2D eigenvalue weighted by Crippen LogP contribution is 2.40. The fraction of sp³-hybridized carbons (Fsp3) is 0.207. The molecule has 0 atom stereocenters. The largest absolute Gasteiger partial charge is 0.495 e. The van der Waals surface area contributed by atoms with E-state index in [2.05, 4.69) is 21.2 Å². The van der Waals surface area contributed by atoms with Gasteiger partial charge in [-0.1, -0.05) is 12.1 Å². The van der Waals surface area contributed by atoms with Gasteiger partial charge in [0, 0.05) is 0 Å². The molecule has 1 aliphatic heterocycles. The third kappa shape index (κ3) is 7.87. The molecule has 1 fully saturated rings. The Bertz CT molecular complexity index is 1600. The zero-order valence-electron chi connectivity index (χ0n) is 22.6. The van der Waals surface area contributed by atoms with Crippen molar-refractivity contribution in [2.75, 3.05) is 25.6 Å². The van der Waals surface area contributed by atoms with Crippen molar-refractivity contribution in [1.82, 2.24) is 4.90 Å². The van der Waals surface area contributed by atoms with Gasteiger partial charge in [-0.2, -0.15) is 13.2 Å². The minimum atomic E-state index is -4.66. The second-order valence-corrected chi connectivity index (χ2v) is 10.8. The van der Waals surface area contributed by atoms with Crippen molar-refractivity contribution in [3.05, 3.63) is 86.5 Å². The molecule has 0 unspecified atom stereocenters. The van der Waals surface area contributed by atoms with Crippen LogP contribution in [0.5, 0.6) is 17.2 Å². The Hall–Kier alpha value is -4.04. The number of rotatable bonds is 10. The molecule has 1 aliphatic rings. The number of halogens is 5. The smallest absolute Gasteiger partial charge is 0.416 e. The van der Waals surface area contributed by atoms with Gasteiger partial charge in [0.1, 0.15) is 24.7 Å². The quantitative estimate of drug-likeness (QED) is 0.178. The molecule has 226 valence electrons. The number of alkyl halides is 3. The molecule has 8 nitrogen and oxygen atoms in total. The Morgan fingerprint density at radius 1 is 1.07 bits per heavy atom. The highest BCUT2D eigenvalue weighted by molar-refractivity contribution is 9.10. The van der Waals surface area contributed by atoms with E-state index in [0.717, 1.165) is 12.1 Å². The van der Waals surface area contributed by atoms with Crippen molar-refractivity contribution in [1.29, 1.82) is 0 Å². The molecule has 0 aliphatic carbocycles. The summed E-state index contributed by atoms with van der Waals surface area (Å²) in [6.07, 6.45) is -3.23. The number of nitrogens with zero attached hydrogens (tertiary/aromatic N) is 1. The Morgan fingerprint density at radius 3 is 2.51 bits per heavy atom. The van der Waals surface area contributed by atoms with Gasteiger partial charge in [-0.3, -0.25) is 19.3 Å². The summed E-state index contributed by atoms with van der Waals surface area (Å²) in [5, 5.41) is 1.54. The molecule has 0 aromatic heterocycles. The maximum atomic E-state index is 13.5. The number of hydrogen-bond donors (Lipinski definition) is 1. The summed E-state index contributed by atoms with van der Waals surface area (Å²) in [6, 6.07) is 11.7. The lowest BCUT2D eigenvalue weighted by Gasteiger charge is -2.16. The van der Waals surface area contributed by atoms with Gasteiger partial charge in [0.15, 0.2) is 11.5 Å². The first kappa shape index (κ1) is 31.9. The number of benzene rings is 3. The predicted octanol–water partition coefficient (Wildman–Crippen LogP) is 7.27. The van der Waals surface area contributed by atoms with E-state index < -0.39 is 41.2 Å². The first-order chi connectivity index (χ1) is 20.4. The van der Waals surface area contributed by atoms with Crippen molar-refractivity contribution < 1.29 is 46.2 Å². The van der Waals surface area contributed by atoms with E-state index in [1.807, 2.05) is 0 Å². The van der Waals surface area contributed by atoms with Gasteiger partial charge in [0.05, 0.1) is 34.3 Å². The number of anilines is 1. The molecule has 1 N–H and O–H groups in total. The third-order valence-electron chi connectivity index (χ3n) is 5.88. The van der Waals surface area contributed by atoms with Crippen LogP contribution in [0.4, 0.5) is 28.0 Å². The molecule has 14 heteroatoms. The van der Waals surface area contributed by atoms with Gasteiger partial charge in [0.25, 0.3) is 11.1 Å². The number of carbonyl (C=O) groups excluding carboxylic acids is 3. The molecule has 4 rings (SSSR count). The summed E-state index contributed by atoms with van der Waals surface area (Å²) in [4.78, 5) is 39.0. The maximum absolute atomic E-state index is 13.5. The lowest BCUT2D eigenvalue weighted by atomic mass is 10.1. The first-order valence-electron chi connectivity index (χ1n) is 12.5. The summed E-state index contributed by atoms with van der Waals surface area (Å²) in [6.45, 7) is 1.38. The molecule has 0 spiro atoms. The number of methoxy groups -OCH3 is 1. The summed E-state index contributed by atoms with van der Waals surface area (Å²) < 4.78 is 70.0. The maximum Gasteiger partial charge on any atom is 0.416 e. The number of thioether (sulfide) groups is 1. The highest BCUT2D eigenvalue weighted by atomic mass is 79.9. The van der Waals surface area contributed by atoms with Crippen molar-refractivity contribution >= 4 is 56.5 Å². The minimum Gasteiger partial charge on any atom is -0.495 e.